The van der Waals surface area contributed by atoms with Gasteiger partial charge in [-0.3, -0.25) is 4.79 Å². The smallest absolute Gasteiger partial charge is 0.410 e. The highest BCUT2D eigenvalue weighted by atomic mass is 32.1. The molecule has 0 aliphatic carbocycles. The molecule has 2 amide bonds. The van der Waals surface area contributed by atoms with Crippen LogP contribution in [0.3, 0.4) is 0 Å². The summed E-state index contributed by atoms with van der Waals surface area (Å²) in [5, 5.41) is 11.6. The van der Waals surface area contributed by atoms with Crippen LogP contribution >= 0.6 is 11.3 Å². The first-order valence-corrected chi connectivity index (χ1v) is 9.48. The number of likely N-dealkylation sites (N-methyl/N-ethyl adjacent to an activating group) is 1. The molecule has 0 radical (unpaired) electrons. The molecular weight excluding hydrogens is 378 g/mol. The zero-order valence-electron chi connectivity index (χ0n) is 15.9. The van der Waals surface area contributed by atoms with Gasteiger partial charge in [0.1, 0.15) is 15.5 Å². The van der Waals surface area contributed by atoms with E-state index in [9.17, 15) is 9.59 Å². The Bertz CT molecular complexity index is 1020. The number of aromatic nitrogens is 2. The molecule has 0 unspecified atom stereocenters. The number of ether oxygens (including phenoxy) is 1. The summed E-state index contributed by atoms with van der Waals surface area (Å²) in [6.07, 6.45) is -0.574. The van der Waals surface area contributed by atoms with E-state index in [1.54, 1.807) is 31.3 Å². The van der Waals surface area contributed by atoms with Crippen molar-refractivity contribution in [1.82, 2.24) is 20.4 Å². The minimum Gasteiger partial charge on any atom is -0.410 e. The van der Waals surface area contributed by atoms with Crippen molar-refractivity contribution in [3.05, 3.63) is 46.5 Å². The maximum Gasteiger partial charge on any atom is 0.412 e. The fourth-order valence-corrected chi connectivity index (χ4v) is 3.73. The van der Waals surface area contributed by atoms with Crippen molar-refractivity contribution in [2.45, 2.75) is 13.8 Å². The second-order valence-electron chi connectivity index (χ2n) is 6.29. The third-order valence-electron chi connectivity index (χ3n) is 4.35. The minimum absolute atomic E-state index is 0.226. The number of nitrogen functional groups attached to an aromatic ring is 1. The van der Waals surface area contributed by atoms with Crippen LogP contribution in [0.1, 0.15) is 20.9 Å². The Labute approximate surface area is 166 Å². The monoisotopic (exact) mass is 399 g/mol. The van der Waals surface area contributed by atoms with E-state index >= 15 is 0 Å². The average Bonchev–Trinajstić information content (AvgIpc) is 3.02. The van der Waals surface area contributed by atoms with Crippen LogP contribution in [0.15, 0.2) is 30.3 Å². The molecule has 3 N–H and O–H groups in total. The van der Waals surface area contributed by atoms with Crippen LogP contribution in [0.25, 0.3) is 10.2 Å². The summed E-state index contributed by atoms with van der Waals surface area (Å²) in [5.74, 6) is 0.227. The average molecular weight is 399 g/mol. The van der Waals surface area contributed by atoms with E-state index in [-0.39, 0.29) is 12.5 Å². The Kier molecular flexibility index (Phi) is 5.74. The molecule has 0 aliphatic heterocycles. The lowest BCUT2D eigenvalue weighted by molar-refractivity contribution is 0.0801. The lowest BCUT2D eigenvalue weighted by Gasteiger charge is -2.17. The predicted octanol–water partition coefficient (Wildman–Crippen LogP) is 2.75. The van der Waals surface area contributed by atoms with Crippen molar-refractivity contribution < 1.29 is 14.3 Å². The Morgan fingerprint density at radius 1 is 1.21 bits per heavy atom. The zero-order valence-corrected chi connectivity index (χ0v) is 16.7. The largest absolute Gasteiger partial charge is 0.412 e. The number of fused-ring (bicyclic) bond motifs is 1. The SMILES string of the molecule is Cc1nnc2sc(C(=O)N(C)CCNC(=O)Oc3ccccc3)c(N)c2c1C. The molecule has 3 aromatic rings. The van der Waals surface area contributed by atoms with E-state index in [1.165, 1.54) is 16.2 Å². The summed E-state index contributed by atoms with van der Waals surface area (Å²) in [6.45, 7) is 4.32. The molecule has 0 bridgehead atoms. The fraction of sp³-hybridized carbons (Fsp3) is 0.263. The van der Waals surface area contributed by atoms with Crippen LogP contribution in [0.2, 0.25) is 0 Å². The number of amides is 2. The Morgan fingerprint density at radius 3 is 2.64 bits per heavy atom. The number of benzene rings is 1. The third-order valence-corrected chi connectivity index (χ3v) is 5.42. The Hall–Kier alpha value is -3.20. The van der Waals surface area contributed by atoms with Crippen molar-refractivity contribution in [2.24, 2.45) is 0 Å². The molecule has 1 aromatic carbocycles. The molecule has 2 aromatic heterocycles. The van der Waals surface area contributed by atoms with Gasteiger partial charge in [0, 0.05) is 25.5 Å². The highest BCUT2D eigenvalue weighted by Gasteiger charge is 2.22. The second-order valence-corrected chi connectivity index (χ2v) is 7.29. The van der Waals surface area contributed by atoms with Gasteiger partial charge in [0.05, 0.1) is 11.4 Å². The first kappa shape index (κ1) is 19.6. The lowest BCUT2D eigenvalue weighted by atomic mass is 10.1. The highest BCUT2D eigenvalue weighted by Crippen LogP contribution is 2.35. The number of carbonyl (C=O) groups excluding carboxylic acids is 2. The molecule has 3 rings (SSSR count). The molecule has 0 saturated carbocycles. The lowest BCUT2D eigenvalue weighted by Crippen LogP contribution is -2.37. The number of nitrogens with two attached hydrogens (primary N) is 1. The van der Waals surface area contributed by atoms with E-state index in [0.717, 1.165) is 16.6 Å². The molecule has 0 fully saturated rings. The molecule has 9 heteroatoms. The highest BCUT2D eigenvalue weighted by molar-refractivity contribution is 7.21. The number of carbonyl (C=O) groups is 2. The summed E-state index contributed by atoms with van der Waals surface area (Å²) in [5.41, 5.74) is 8.34. The van der Waals surface area contributed by atoms with Gasteiger partial charge in [-0.2, -0.15) is 5.10 Å². The number of para-hydroxylation sites is 1. The van der Waals surface area contributed by atoms with Crippen molar-refractivity contribution in [1.29, 1.82) is 0 Å². The predicted molar refractivity (Wildman–Crippen MR) is 109 cm³/mol. The van der Waals surface area contributed by atoms with Gasteiger partial charge < -0.3 is 20.7 Å². The van der Waals surface area contributed by atoms with Crippen LogP contribution in [0, 0.1) is 13.8 Å². The van der Waals surface area contributed by atoms with Crippen molar-refractivity contribution >= 4 is 39.2 Å². The second kappa shape index (κ2) is 8.22. The molecule has 146 valence electrons. The number of nitrogens with zero attached hydrogens (tertiary/aromatic N) is 3. The van der Waals surface area contributed by atoms with Crippen LogP contribution in [-0.2, 0) is 0 Å². The zero-order chi connectivity index (χ0) is 20.3. The van der Waals surface area contributed by atoms with Gasteiger partial charge in [-0.15, -0.1) is 16.4 Å². The van der Waals surface area contributed by atoms with Gasteiger partial charge in [0.25, 0.3) is 5.91 Å². The summed E-state index contributed by atoms with van der Waals surface area (Å²) in [4.78, 5) is 27.1. The van der Waals surface area contributed by atoms with E-state index in [1.807, 2.05) is 19.9 Å². The first-order chi connectivity index (χ1) is 13.4. The van der Waals surface area contributed by atoms with Gasteiger partial charge >= 0.3 is 6.09 Å². The molecular formula is C19H21N5O3S. The number of aryl methyl sites for hydroxylation is 2. The van der Waals surface area contributed by atoms with Gasteiger partial charge in [0.15, 0.2) is 0 Å². The van der Waals surface area contributed by atoms with E-state index in [4.69, 9.17) is 10.5 Å². The molecule has 2 heterocycles. The minimum atomic E-state index is -0.574. The number of rotatable bonds is 5. The molecule has 28 heavy (non-hydrogen) atoms. The number of thiophene rings is 1. The summed E-state index contributed by atoms with van der Waals surface area (Å²) < 4.78 is 5.14. The summed E-state index contributed by atoms with van der Waals surface area (Å²) >= 11 is 1.22. The number of nitrogens with one attached hydrogen (secondary N) is 1. The number of hydrogen-bond acceptors (Lipinski definition) is 7. The van der Waals surface area contributed by atoms with E-state index in [2.05, 4.69) is 15.5 Å². The van der Waals surface area contributed by atoms with Crippen molar-refractivity contribution in [3.63, 3.8) is 0 Å². The molecule has 8 nitrogen and oxygen atoms in total. The molecule has 0 aliphatic rings. The number of hydrogen-bond donors (Lipinski definition) is 2. The fourth-order valence-electron chi connectivity index (χ4n) is 2.63. The van der Waals surface area contributed by atoms with E-state index < -0.39 is 6.09 Å². The van der Waals surface area contributed by atoms with Gasteiger partial charge in [0.2, 0.25) is 0 Å². The van der Waals surface area contributed by atoms with Crippen LogP contribution in [-0.4, -0.2) is 47.2 Å². The maximum absolute atomic E-state index is 12.8. The first-order valence-electron chi connectivity index (χ1n) is 8.66. The van der Waals surface area contributed by atoms with Crippen molar-refractivity contribution in [3.8, 4) is 5.75 Å². The third kappa shape index (κ3) is 4.04. The quantitative estimate of drug-likeness (QED) is 0.683. The normalized spacial score (nSPS) is 10.7. The van der Waals surface area contributed by atoms with Crippen LogP contribution in [0.4, 0.5) is 10.5 Å². The topological polar surface area (TPSA) is 110 Å². The maximum atomic E-state index is 12.8. The standard InChI is InChI=1S/C19H21N5O3S/c1-11-12(2)22-23-17-14(11)15(20)16(28-17)18(25)24(3)10-9-21-19(26)27-13-7-5-4-6-8-13/h4-8H,9-10,20H2,1-3H3,(H,21,26). The van der Waals surface area contributed by atoms with Gasteiger partial charge in [-0.05, 0) is 31.5 Å². The summed E-state index contributed by atoms with van der Waals surface area (Å²) in [6, 6.07) is 8.76. The van der Waals surface area contributed by atoms with Gasteiger partial charge in [-0.25, -0.2) is 4.79 Å². The van der Waals surface area contributed by atoms with Gasteiger partial charge in [-0.1, -0.05) is 18.2 Å². The number of anilines is 1. The molecule has 0 saturated heterocycles. The molecule has 0 spiro atoms. The van der Waals surface area contributed by atoms with Crippen LogP contribution in [0.5, 0.6) is 5.75 Å². The van der Waals surface area contributed by atoms with Crippen molar-refractivity contribution in [2.75, 3.05) is 25.9 Å². The molecule has 0 atom stereocenters. The summed E-state index contributed by atoms with van der Waals surface area (Å²) in [7, 11) is 1.65. The van der Waals surface area contributed by atoms with E-state index in [0.29, 0.717) is 27.7 Å². The Morgan fingerprint density at radius 2 is 1.93 bits per heavy atom. The Balaban J connectivity index is 1.60. The van der Waals surface area contributed by atoms with Crippen LogP contribution < -0.4 is 15.8 Å².